The van der Waals surface area contributed by atoms with Gasteiger partial charge < -0.3 is 15.1 Å². The van der Waals surface area contributed by atoms with Crippen LogP contribution in [0.4, 0.5) is 11.4 Å². The van der Waals surface area contributed by atoms with Gasteiger partial charge in [0.2, 0.25) is 17.7 Å². The molecule has 3 amide bonds. The average molecular weight is 418 g/mol. The summed E-state index contributed by atoms with van der Waals surface area (Å²) >= 11 is 0. The second kappa shape index (κ2) is 7.84. The predicted molar refractivity (Wildman–Crippen MR) is 119 cm³/mol. The number of amides is 3. The smallest absolute Gasteiger partial charge is 0.230 e. The van der Waals surface area contributed by atoms with Gasteiger partial charge in [0, 0.05) is 43.3 Å². The van der Waals surface area contributed by atoms with Crippen molar-refractivity contribution in [2.75, 3.05) is 22.9 Å². The summed E-state index contributed by atoms with van der Waals surface area (Å²) in [5.41, 5.74) is 5.10. The molecule has 1 aliphatic carbocycles. The number of hydrogen-bond donors (Lipinski definition) is 1. The van der Waals surface area contributed by atoms with E-state index >= 15 is 0 Å². The molecule has 1 N–H and O–H groups in total. The van der Waals surface area contributed by atoms with E-state index in [0.717, 1.165) is 47.3 Å². The highest BCUT2D eigenvalue weighted by atomic mass is 16.2. The third-order valence-electron chi connectivity index (χ3n) is 6.51. The lowest BCUT2D eigenvalue weighted by atomic mass is 10.1. The first-order chi connectivity index (χ1) is 15.0. The fourth-order valence-electron chi connectivity index (χ4n) is 4.62. The number of nitrogens with one attached hydrogen (secondary N) is 1. The molecule has 6 heteroatoms. The fourth-order valence-corrected chi connectivity index (χ4v) is 4.62. The minimum absolute atomic E-state index is 0.0282. The van der Waals surface area contributed by atoms with Gasteiger partial charge in [-0.15, -0.1) is 0 Å². The van der Waals surface area contributed by atoms with Crippen LogP contribution in [-0.2, 0) is 27.3 Å². The van der Waals surface area contributed by atoms with E-state index in [2.05, 4.69) is 5.32 Å². The number of aryl methyl sites for hydroxylation is 1. The Morgan fingerprint density at radius 3 is 2.71 bits per heavy atom. The molecule has 0 radical (unpaired) electrons. The van der Waals surface area contributed by atoms with E-state index in [4.69, 9.17) is 0 Å². The summed E-state index contributed by atoms with van der Waals surface area (Å²) < 4.78 is 0. The molecule has 6 nitrogen and oxygen atoms in total. The molecule has 1 saturated heterocycles. The molecule has 0 aromatic heterocycles. The summed E-state index contributed by atoms with van der Waals surface area (Å²) in [4.78, 5) is 41.4. The highest BCUT2D eigenvalue weighted by molar-refractivity contribution is 6.02. The van der Waals surface area contributed by atoms with Crippen molar-refractivity contribution in [1.29, 1.82) is 0 Å². The van der Waals surface area contributed by atoms with Gasteiger partial charge in [-0.1, -0.05) is 29.8 Å². The van der Waals surface area contributed by atoms with Crippen LogP contribution in [0.25, 0.3) is 0 Å². The van der Waals surface area contributed by atoms with Crippen LogP contribution in [0.5, 0.6) is 0 Å². The maximum absolute atomic E-state index is 12.7. The number of nitrogens with zero attached hydrogens (tertiary/aromatic N) is 2. The number of benzene rings is 2. The van der Waals surface area contributed by atoms with E-state index in [1.54, 1.807) is 4.90 Å². The summed E-state index contributed by atoms with van der Waals surface area (Å²) in [7, 11) is 0. The Kier molecular flexibility index (Phi) is 5.00. The molecule has 2 aromatic carbocycles. The Balaban J connectivity index is 1.24. The van der Waals surface area contributed by atoms with Crippen molar-refractivity contribution in [2.45, 2.75) is 39.2 Å². The zero-order valence-corrected chi connectivity index (χ0v) is 17.8. The van der Waals surface area contributed by atoms with E-state index < -0.39 is 0 Å². The van der Waals surface area contributed by atoms with E-state index in [9.17, 15) is 14.4 Å². The molecular formula is C25H27N3O3. The predicted octanol–water partition coefficient (Wildman–Crippen LogP) is 2.96. The van der Waals surface area contributed by atoms with Gasteiger partial charge in [0.15, 0.2) is 0 Å². The minimum Gasteiger partial charge on any atom is -0.352 e. The Bertz CT molecular complexity index is 1060. The Morgan fingerprint density at radius 2 is 1.94 bits per heavy atom. The van der Waals surface area contributed by atoms with Crippen molar-refractivity contribution in [3.63, 3.8) is 0 Å². The first-order valence-corrected chi connectivity index (χ1v) is 11.1. The molecule has 160 valence electrons. The number of anilines is 2. The number of rotatable bonds is 5. The highest BCUT2D eigenvalue weighted by Crippen LogP contribution is 2.38. The second-order valence-corrected chi connectivity index (χ2v) is 8.94. The standard InChI is InChI=1S/C25H27N3O3/c1-16-3-2-4-17(11-16)14-26-24(30)20-13-23(29)28(15-20)21-7-8-22-19(12-21)9-10-27(22)25(31)18-5-6-18/h2-4,7-8,11-12,18,20H,5-6,9-10,13-15H2,1H3,(H,26,30). The average Bonchev–Trinajstić information content (AvgIpc) is 3.42. The molecular weight excluding hydrogens is 390 g/mol. The number of carbonyl (C=O) groups excluding carboxylic acids is 3. The molecule has 1 saturated carbocycles. The molecule has 2 fully saturated rings. The monoisotopic (exact) mass is 417 g/mol. The van der Waals surface area contributed by atoms with Crippen molar-refractivity contribution >= 4 is 29.1 Å². The Labute approximate surface area is 182 Å². The molecule has 0 bridgehead atoms. The molecule has 1 atom stereocenters. The van der Waals surface area contributed by atoms with Crippen LogP contribution in [0, 0.1) is 18.8 Å². The zero-order valence-electron chi connectivity index (χ0n) is 17.8. The summed E-state index contributed by atoms with van der Waals surface area (Å²) in [6, 6.07) is 13.9. The molecule has 5 rings (SSSR count). The number of hydrogen-bond acceptors (Lipinski definition) is 3. The maximum atomic E-state index is 12.7. The lowest BCUT2D eigenvalue weighted by molar-refractivity contribution is -0.126. The molecule has 2 aromatic rings. The van der Waals surface area contributed by atoms with Crippen LogP contribution in [0.15, 0.2) is 42.5 Å². The molecule has 1 unspecified atom stereocenters. The van der Waals surface area contributed by atoms with Crippen LogP contribution in [0.2, 0.25) is 0 Å². The SMILES string of the molecule is Cc1cccc(CNC(=O)C2CC(=O)N(c3ccc4c(c3)CCN4C(=O)C3CC3)C2)c1. The first kappa shape index (κ1) is 19.8. The molecule has 2 aliphatic heterocycles. The summed E-state index contributed by atoms with van der Waals surface area (Å²) in [6.45, 7) is 3.60. The first-order valence-electron chi connectivity index (χ1n) is 11.1. The van der Waals surface area contributed by atoms with Gasteiger partial charge in [-0.05, 0) is 55.5 Å². The number of carbonyl (C=O) groups is 3. The van der Waals surface area contributed by atoms with Gasteiger partial charge in [-0.3, -0.25) is 14.4 Å². The maximum Gasteiger partial charge on any atom is 0.230 e. The van der Waals surface area contributed by atoms with Gasteiger partial charge in [0.25, 0.3) is 0 Å². The second-order valence-electron chi connectivity index (χ2n) is 8.94. The zero-order chi connectivity index (χ0) is 21.5. The summed E-state index contributed by atoms with van der Waals surface area (Å²) in [5, 5.41) is 2.98. The van der Waals surface area contributed by atoms with Crippen molar-refractivity contribution in [2.24, 2.45) is 11.8 Å². The highest BCUT2D eigenvalue weighted by Gasteiger charge is 2.38. The normalized spacial score (nSPS) is 20.2. The van der Waals surface area contributed by atoms with E-state index in [1.807, 2.05) is 54.3 Å². The Morgan fingerprint density at radius 1 is 1.10 bits per heavy atom. The van der Waals surface area contributed by atoms with Crippen LogP contribution >= 0.6 is 0 Å². The topological polar surface area (TPSA) is 69.7 Å². The van der Waals surface area contributed by atoms with Crippen LogP contribution < -0.4 is 15.1 Å². The third kappa shape index (κ3) is 3.94. The Hall–Kier alpha value is -3.15. The lowest BCUT2D eigenvalue weighted by Gasteiger charge is -2.20. The van der Waals surface area contributed by atoms with Crippen molar-refractivity contribution in [1.82, 2.24) is 5.32 Å². The van der Waals surface area contributed by atoms with Crippen LogP contribution in [0.3, 0.4) is 0 Å². The molecule has 31 heavy (non-hydrogen) atoms. The van der Waals surface area contributed by atoms with Crippen LogP contribution in [-0.4, -0.2) is 30.8 Å². The van der Waals surface area contributed by atoms with Crippen LogP contribution in [0.1, 0.15) is 36.0 Å². The van der Waals surface area contributed by atoms with Gasteiger partial charge in [0.05, 0.1) is 5.92 Å². The van der Waals surface area contributed by atoms with Crippen molar-refractivity contribution in [3.8, 4) is 0 Å². The lowest BCUT2D eigenvalue weighted by Crippen LogP contribution is -2.32. The molecule has 2 heterocycles. The van der Waals surface area contributed by atoms with E-state index in [1.165, 1.54) is 0 Å². The summed E-state index contributed by atoms with van der Waals surface area (Å²) in [5.74, 6) is -0.0308. The quantitative estimate of drug-likeness (QED) is 0.813. The molecule has 3 aliphatic rings. The summed E-state index contributed by atoms with van der Waals surface area (Å²) in [6.07, 6.45) is 3.03. The fraction of sp³-hybridized carbons (Fsp3) is 0.400. The van der Waals surface area contributed by atoms with Crippen molar-refractivity contribution < 1.29 is 14.4 Å². The van der Waals surface area contributed by atoms with E-state index in [0.29, 0.717) is 19.6 Å². The van der Waals surface area contributed by atoms with Gasteiger partial charge in [0.1, 0.15) is 0 Å². The molecule has 0 spiro atoms. The van der Waals surface area contributed by atoms with Crippen molar-refractivity contribution in [3.05, 3.63) is 59.2 Å². The minimum atomic E-state index is -0.349. The largest absolute Gasteiger partial charge is 0.352 e. The van der Waals surface area contributed by atoms with Gasteiger partial charge in [-0.2, -0.15) is 0 Å². The van der Waals surface area contributed by atoms with Gasteiger partial charge >= 0.3 is 0 Å². The number of fused-ring (bicyclic) bond motifs is 1. The van der Waals surface area contributed by atoms with E-state index in [-0.39, 0.29) is 36.0 Å². The third-order valence-corrected chi connectivity index (χ3v) is 6.51. The van der Waals surface area contributed by atoms with Gasteiger partial charge in [-0.25, -0.2) is 0 Å².